The fourth-order valence-corrected chi connectivity index (χ4v) is 3.62. The number of nitrogens with one attached hydrogen (secondary N) is 1. The third-order valence-corrected chi connectivity index (χ3v) is 5.53. The van der Waals surface area contributed by atoms with Crippen LogP contribution >= 0.6 is 35.6 Å². The number of carbonyl (C=O) groups is 1. The Morgan fingerprint density at radius 2 is 1.75 bits per heavy atom. The molecule has 146 valence electrons. The maximum Gasteiger partial charge on any atom is 0.257 e. The molecular weight excluding hydrogens is 443 g/mol. The molecule has 0 fully saturated rings. The van der Waals surface area contributed by atoms with Gasteiger partial charge in [-0.05, 0) is 48.5 Å². The van der Waals surface area contributed by atoms with Gasteiger partial charge in [-0.25, -0.2) is 8.42 Å². The third-order valence-electron chi connectivity index (χ3n) is 3.78. The second-order valence-corrected chi connectivity index (χ2v) is 8.61. The normalized spacial score (nSPS) is 10.8. The number of hydrogen-bond donors (Lipinski definition) is 1. The van der Waals surface area contributed by atoms with E-state index >= 15 is 0 Å². The van der Waals surface area contributed by atoms with Crippen molar-refractivity contribution in [2.24, 2.45) is 0 Å². The van der Waals surface area contributed by atoms with Crippen LogP contribution < -0.4 is 5.32 Å². The van der Waals surface area contributed by atoms with E-state index in [1.165, 1.54) is 18.2 Å². The molecule has 3 rings (SSSR count). The Morgan fingerprint density at radius 1 is 1.00 bits per heavy atom. The zero-order valence-corrected chi connectivity index (χ0v) is 17.7. The minimum absolute atomic E-state index is 0. The standard InChI is InChI=1S/C19H14Cl2N2O3S.ClH/c1-27(25,26)13-6-7-14(17(21)11-13)19(24)23-12-5-8-16(20)15(10-12)18-4-2-3-9-22-18;/h2-11H,1H3,(H,23,24);1H. The van der Waals surface area contributed by atoms with Crippen LogP contribution in [0, 0.1) is 0 Å². The highest BCUT2D eigenvalue weighted by Crippen LogP contribution is 2.30. The molecular formula is C19H15Cl3N2O3S. The summed E-state index contributed by atoms with van der Waals surface area (Å²) in [6.45, 7) is 0. The molecule has 3 aromatic rings. The monoisotopic (exact) mass is 456 g/mol. The van der Waals surface area contributed by atoms with E-state index < -0.39 is 15.7 Å². The lowest BCUT2D eigenvalue weighted by molar-refractivity contribution is 0.102. The van der Waals surface area contributed by atoms with Crippen LogP contribution in [0.3, 0.4) is 0 Å². The predicted octanol–water partition coefficient (Wildman–Crippen LogP) is 5.13. The van der Waals surface area contributed by atoms with Gasteiger partial charge < -0.3 is 5.32 Å². The van der Waals surface area contributed by atoms with E-state index in [9.17, 15) is 13.2 Å². The number of aromatic nitrogens is 1. The van der Waals surface area contributed by atoms with Crippen LogP contribution in [0.25, 0.3) is 11.3 Å². The summed E-state index contributed by atoms with van der Waals surface area (Å²) in [5.74, 6) is -0.464. The molecule has 2 aromatic carbocycles. The van der Waals surface area contributed by atoms with Crippen molar-refractivity contribution in [2.45, 2.75) is 4.90 Å². The van der Waals surface area contributed by atoms with Gasteiger partial charge in [0.25, 0.3) is 5.91 Å². The first-order chi connectivity index (χ1) is 12.8. The summed E-state index contributed by atoms with van der Waals surface area (Å²) in [6.07, 6.45) is 2.73. The SMILES string of the molecule is CS(=O)(=O)c1ccc(C(=O)Nc2ccc(Cl)c(-c3ccccn3)c2)c(Cl)c1.Cl. The molecule has 1 amide bonds. The van der Waals surface area contributed by atoms with Crippen molar-refractivity contribution in [1.29, 1.82) is 0 Å². The van der Waals surface area contributed by atoms with Crippen molar-refractivity contribution >= 4 is 57.0 Å². The molecule has 0 bridgehead atoms. The van der Waals surface area contributed by atoms with Gasteiger partial charge in [0.15, 0.2) is 9.84 Å². The molecule has 1 aromatic heterocycles. The van der Waals surface area contributed by atoms with Gasteiger partial charge in [0.1, 0.15) is 0 Å². The molecule has 28 heavy (non-hydrogen) atoms. The van der Waals surface area contributed by atoms with Gasteiger partial charge in [-0.3, -0.25) is 9.78 Å². The number of halogens is 3. The maximum absolute atomic E-state index is 12.5. The number of carbonyl (C=O) groups excluding carboxylic acids is 1. The third kappa shape index (κ3) is 5.02. The Morgan fingerprint density at radius 3 is 2.36 bits per heavy atom. The van der Waals surface area contributed by atoms with E-state index in [2.05, 4.69) is 10.3 Å². The van der Waals surface area contributed by atoms with Gasteiger partial charge in [0.05, 0.1) is 26.2 Å². The summed E-state index contributed by atoms with van der Waals surface area (Å²) in [4.78, 5) is 16.8. The topological polar surface area (TPSA) is 76.1 Å². The number of anilines is 1. The number of pyridine rings is 1. The van der Waals surface area contributed by atoms with E-state index in [0.29, 0.717) is 22.0 Å². The molecule has 0 atom stereocenters. The van der Waals surface area contributed by atoms with Gasteiger partial charge in [-0.15, -0.1) is 12.4 Å². The van der Waals surface area contributed by atoms with Crippen LogP contribution in [0.2, 0.25) is 10.0 Å². The van der Waals surface area contributed by atoms with Crippen LogP contribution in [0.4, 0.5) is 5.69 Å². The second kappa shape index (κ2) is 8.92. The van der Waals surface area contributed by atoms with Crippen LogP contribution in [0.5, 0.6) is 0 Å². The van der Waals surface area contributed by atoms with E-state index in [1.807, 2.05) is 12.1 Å². The van der Waals surface area contributed by atoms with Crippen molar-refractivity contribution < 1.29 is 13.2 Å². The summed E-state index contributed by atoms with van der Waals surface area (Å²) in [5, 5.41) is 3.29. The average molecular weight is 458 g/mol. The smallest absolute Gasteiger partial charge is 0.257 e. The minimum Gasteiger partial charge on any atom is -0.322 e. The molecule has 0 saturated heterocycles. The zero-order chi connectivity index (χ0) is 19.6. The first-order valence-corrected chi connectivity index (χ1v) is 10.4. The number of rotatable bonds is 4. The van der Waals surface area contributed by atoms with Gasteiger partial charge in [0.2, 0.25) is 0 Å². The van der Waals surface area contributed by atoms with E-state index in [-0.39, 0.29) is 27.9 Å². The highest BCUT2D eigenvalue weighted by molar-refractivity contribution is 7.90. The first-order valence-electron chi connectivity index (χ1n) is 7.77. The zero-order valence-electron chi connectivity index (χ0n) is 14.5. The number of nitrogens with zero attached hydrogens (tertiary/aromatic N) is 1. The fraction of sp³-hybridized carbons (Fsp3) is 0.0526. The maximum atomic E-state index is 12.5. The summed E-state index contributed by atoms with van der Waals surface area (Å²) in [7, 11) is -3.41. The van der Waals surface area contributed by atoms with E-state index in [4.69, 9.17) is 23.2 Å². The van der Waals surface area contributed by atoms with Crippen molar-refractivity contribution in [2.75, 3.05) is 11.6 Å². The molecule has 0 saturated carbocycles. The lowest BCUT2D eigenvalue weighted by Crippen LogP contribution is -2.13. The molecule has 0 aliphatic heterocycles. The molecule has 1 heterocycles. The average Bonchev–Trinajstić information content (AvgIpc) is 2.63. The van der Waals surface area contributed by atoms with E-state index in [0.717, 1.165) is 6.26 Å². The quantitative estimate of drug-likeness (QED) is 0.589. The largest absolute Gasteiger partial charge is 0.322 e. The highest BCUT2D eigenvalue weighted by Gasteiger charge is 2.15. The number of benzene rings is 2. The number of sulfone groups is 1. The summed E-state index contributed by atoms with van der Waals surface area (Å²) >= 11 is 12.3. The molecule has 0 radical (unpaired) electrons. The Balaban J connectivity index is 0.00000280. The van der Waals surface area contributed by atoms with E-state index in [1.54, 1.807) is 30.5 Å². The predicted molar refractivity (Wildman–Crippen MR) is 114 cm³/mol. The number of hydrogen-bond acceptors (Lipinski definition) is 4. The van der Waals surface area contributed by atoms with Gasteiger partial charge in [-0.1, -0.05) is 29.3 Å². The summed E-state index contributed by atoms with van der Waals surface area (Å²) in [6, 6.07) is 14.5. The Kier molecular flexibility index (Phi) is 7.06. The number of amides is 1. The Hall–Kier alpha value is -2.12. The first kappa shape index (κ1) is 22.2. The molecule has 0 aliphatic rings. The molecule has 0 unspecified atom stereocenters. The van der Waals surface area contributed by atoms with Crippen LogP contribution in [-0.2, 0) is 9.84 Å². The lowest BCUT2D eigenvalue weighted by Gasteiger charge is -2.10. The van der Waals surface area contributed by atoms with Crippen LogP contribution in [0.1, 0.15) is 10.4 Å². The lowest BCUT2D eigenvalue weighted by atomic mass is 10.1. The van der Waals surface area contributed by atoms with Crippen molar-refractivity contribution in [1.82, 2.24) is 4.98 Å². The summed E-state index contributed by atoms with van der Waals surface area (Å²) in [5.41, 5.74) is 2.02. The van der Waals surface area contributed by atoms with Crippen molar-refractivity contribution in [3.05, 3.63) is 76.4 Å². The fourth-order valence-electron chi connectivity index (χ4n) is 2.43. The minimum atomic E-state index is -3.41. The molecule has 0 spiro atoms. The van der Waals surface area contributed by atoms with Gasteiger partial charge in [-0.2, -0.15) is 0 Å². The van der Waals surface area contributed by atoms with Gasteiger partial charge >= 0.3 is 0 Å². The Bertz CT molecular complexity index is 1120. The van der Waals surface area contributed by atoms with Crippen LogP contribution in [0.15, 0.2) is 65.7 Å². The van der Waals surface area contributed by atoms with Crippen LogP contribution in [-0.4, -0.2) is 25.6 Å². The highest BCUT2D eigenvalue weighted by atomic mass is 35.5. The second-order valence-electron chi connectivity index (χ2n) is 5.78. The summed E-state index contributed by atoms with van der Waals surface area (Å²) < 4.78 is 23.2. The van der Waals surface area contributed by atoms with Crippen molar-refractivity contribution in [3.8, 4) is 11.3 Å². The molecule has 9 heteroatoms. The van der Waals surface area contributed by atoms with Gasteiger partial charge in [0, 0.05) is 23.7 Å². The molecule has 5 nitrogen and oxygen atoms in total. The van der Waals surface area contributed by atoms with Crippen molar-refractivity contribution in [3.63, 3.8) is 0 Å². The molecule has 1 N–H and O–H groups in total. The molecule has 0 aliphatic carbocycles. The Labute approximate surface area is 179 Å².